The van der Waals surface area contributed by atoms with Crippen molar-refractivity contribution in [2.24, 2.45) is 0 Å². The van der Waals surface area contributed by atoms with Gasteiger partial charge in [-0.05, 0) is 43.0 Å². The van der Waals surface area contributed by atoms with Crippen molar-refractivity contribution < 1.29 is 0 Å². The lowest BCUT2D eigenvalue weighted by Crippen LogP contribution is -2.24. The average molecular weight is 253 g/mol. The van der Waals surface area contributed by atoms with Crippen LogP contribution in [0.5, 0.6) is 0 Å². The minimum Gasteiger partial charge on any atom is -0.310 e. The third-order valence-electron chi connectivity index (χ3n) is 3.49. The second-order valence-corrected chi connectivity index (χ2v) is 5.05. The summed E-state index contributed by atoms with van der Waals surface area (Å²) in [6.45, 7) is 5.47. The van der Waals surface area contributed by atoms with Crippen molar-refractivity contribution in [3.63, 3.8) is 0 Å². The van der Waals surface area contributed by atoms with Gasteiger partial charge in [-0.25, -0.2) is 0 Å². The van der Waals surface area contributed by atoms with Crippen LogP contribution in [-0.4, -0.2) is 6.54 Å². The fourth-order valence-electron chi connectivity index (χ4n) is 2.44. The van der Waals surface area contributed by atoms with Gasteiger partial charge >= 0.3 is 0 Å². The van der Waals surface area contributed by atoms with E-state index in [4.69, 9.17) is 0 Å². The van der Waals surface area contributed by atoms with E-state index >= 15 is 0 Å². The Morgan fingerprint density at radius 3 is 2.32 bits per heavy atom. The fourth-order valence-corrected chi connectivity index (χ4v) is 2.44. The Balaban J connectivity index is 2.19. The maximum atomic E-state index is 3.68. The van der Waals surface area contributed by atoms with Crippen LogP contribution in [0, 0.1) is 6.92 Å². The molecular weight excluding hydrogens is 230 g/mol. The lowest BCUT2D eigenvalue weighted by Gasteiger charge is -2.21. The molecule has 2 aromatic carbocycles. The predicted molar refractivity (Wildman–Crippen MR) is 82.4 cm³/mol. The van der Waals surface area contributed by atoms with E-state index in [9.17, 15) is 0 Å². The van der Waals surface area contributed by atoms with Gasteiger partial charge in [-0.2, -0.15) is 0 Å². The van der Waals surface area contributed by atoms with Crippen LogP contribution in [0.2, 0.25) is 0 Å². The predicted octanol–water partition coefficient (Wildman–Crippen LogP) is 4.28. The molecule has 1 nitrogen and oxygen atoms in total. The molecule has 1 heteroatoms. The summed E-state index contributed by atoms with van der Waals surface area (Å²) in [6.07, 6.45) is 2.21. The van der Waals surface area contributed by atoms with E-state index in [1.165, 1.54) is 16.7 Å². The normalized spacial score (nSPS) is 12.3. The number of nitrogens with one attached hydrogen (secondary N) is 1. The number of hydrogen-bond acceptors (Lipinski definition) is 1. The van der Waals surface area contributed by atoms with Crippen LogP contribution in [0.4, 0.5) is 0 Å². The van der Waals surface area contributed by atoms with E-state index in [1.807, 2.05) is 0 Å². The van der Waals surface area contributed by atoms with Gasteiger partial charge in [-0.15, -0.1) is 0 Å². The Morgan fingerprint density at radius 2 is 1.63 bits per heavy atom. The van der Waals surface area contributed by atoms with E-state index in [0.717, 1.165) is 19.4 Å². The van der Waals surface area contributed by atoms with Crippen LogP contribution in [-0.2, 0) is 6.42 Å². The number of hydrogen-bond donors (Lipinski definition) is 1. The SMILES string of the molecule is CCCNC(Cc1ccccc1)c1ccccc1C. The van der Waals surface area contributed by atoms with Crippen molar-refractivity contribution in [2.75, 3.05) is 6.54 Å². The summed E-state index contributed by atoms with van der Waals surface area (Å²) < 4.78 is 0. The maximum absolute atomic E-state index is 3.68. The Labute approximate surface area is 116 Å². The first kappa shape index (κ1) is 13.8. The zero-order valence-corrected chi connectivity index (χ0v) is 11.9. The van der Waals surface area contributed by atoms with Gasteiger partial charge in [0.05, 0.1) is 0 Å². The molecule has 0 heterocycles. The van der Waals surface area contributed by atoms with E-state index in [2.05, 4.69) is 73.8 Å². The Hall–Kier alpha value is -1.60. The van der Waals surface area contributed by atoms with E-state index in [-0.39, 0.29) is 0 Å². The van der Waals surface area contributed by atoms with Crippen molar-refractivity contribution >= 4 is 0 Å². The zero-order chi connectivity index (χ0) is 13.5. The van der Waals surface area contributed by atoms with Crippen molar-refractivity contribution in [3.05, 3.63) is 71.3 Å². The van der Waals surface area contributed by atoms with Gasteiger partial charge in [0.2, 0.25) is 0 Å². The number of aryl methyl sites for hydroxylation is 1. The van der Waals surface area contributed by atoms with E-state index in [1.54, 1.807) is 0 Å². The summed E-state index contributed by atoms with van der Waals surface area (Å²) in [6, 6.07) is 19.8. The summed E-state index contributed by atoms with van der Waals surface area (Å²) >= 11 is 0. The molecule has 0 aliphatic rings. The smallest absolute Gasteiger partial charge is 0.0363 e. The molecule has 0 aromatic heterocycles. The highest BCUT2D eigenvalue weighted by Crippen LogP contribution is 2.21. The Bertz CT molecular complexity index is 490. The first-order valence-corrected chi connectivity index (χ1v) is 7.14. The van der Waals surface area contributed by atoms with Crippen LogP contribution in [0.3, 0.4) is 0 Å². The van der Waals surface area contributed by atoms with Crippen LogP contribution in [0.15, 0.2) is 54.6 Å². The molecule has 0 fully saturated rings. The van der Waals surface area contributed by atoms with Crippen molar-refractivity contribution in [3.8, 4) is 0 Å². The molecule has 1 atom stereocenters. The highest BCUT2D eigenvalue weighted by Gasteiger charge is 2.13. The van der Waals surface area contributed by atoms with Gasteiger partial charge in [0.25, 0.3) is 0 Å². The molecule has 0 aliphatic carbocycles. The van der Waals surface area contributed by atoms with Gasteiger partial charge in [0.15, 0.2) is 0 Å². The average Bonchev–Trinajstić information content (AvgIpc) is 2.45. The van der Waals surface area contributed by atoms with Crippen LogP contribution >= 0.6 is 0 Å². The molecule has 0 radical (unpaired) electrons. The summed E-state index contributed by atoms with van der Waals surface area (Å²) in [5.41, 5.74) is 4.17. The monoisotopic (exact) mass is 253 g/mol. The molecule has 1 unspecified atom stereocenters. The molecule has 0 saturated heterocycles. The van der Waals surface area contributed by atoms with Gasteiger partial charge < -0.3 is 5.32 Å². The van der Waals surface area contributed by atoms with Gasteiger partial charge in [0, 0.05) is 6.04 Å². The van der Waals surface area contributed by atoms with Gasteiger partial charge in [0.1, 0.15) is 0 Å². The molecule has 19 heavy (non-hydrogen) atoms. The van der Waals surface area contributed by atoms with Crippen molar-refractivity contribution in [2.45, 2.75) is 32.7 Å². The summed E-state index contributed by atoms with van der Waals surface area (Å²) in [5.74, 6) is 0. The molecule has 0 aliphatic heterocycles. The van der Waals surface area contributed by atoms with Crippen molar-refractivity contribution in [1.29, 1.82) is 0 Å². The Morgan fingerprint density at radius 1 is 0.947 bits per heavy atom. The van der Waals surface area contributed by atoms with Crippen molar-refractivity contribution in [1.82, 2.24) is 5.32 Å². The molecule has 0 spiro atoms. The molecule has 1 N–H and O–H groups in total. The van der Waals surface area contributed by atoms with Gasteiger partial charge in [-0.3, -0.25) is 0 Å². The quantitative estimate of drug-likeness (QED) is 0.810. The highest BCUT2D eigenvalue weighted by atomic mass is 14.9. The minimum absolute atomic E-state index is 0.406. The largest absolute Gasteiger partial charge is 0.310 e. The fraction of sp³-hybridized carbons (Fsp3) is 0.333. The molecule has 2 aromatic rings. The number of rotatable bonds is 6. The zero-order valence-electron chi connectivity index (χ0n) is 11.9. The lowest BCUT2D eigenvalue weighted by atomic mass is 9.95. The third-order valence-corrected chi connectivity index (χ3v) is 3.49. The lowest BCUT2D eigenvalue weighted by molar-refractivity contribution is 0.527. The topological polar surface area (TPSA) is 12.0 Å². The molecular formula is C18H23N. The van der Waals surface area contributed by atoms with Crippen LogP contribution < -0.4 is 5.32 Å². The third kappa shape index (κ3) is 3.93. The second-order valence-electron chi connectivity index (χ2n) is 5.05. The first-order valence-electron chi connectivity index (χ1n) is 7.14. The molecule has 0 saturated carbocycles. The summed E-state index contributed by atoms with van der Waals surface area (Å²) in [4.78, 5) is 0. The minimum atomic E-state index is 0.406. The highest BCUT2D eigenvalue weighted by molar-refractivity contribution is 5.30. The second kappa shape index (κ2) is 7.10. The van der Waals surface area contributed by atoms with Crippen LogP contribution in [0.1, 0.15) is 36.1 Å². The number of benzene rings is 2. The summed E-state index contributed by atoms with van der Waals surface area (Å²) in [5, 5.41) is 3.68. The Kier molecular flexibility index (Phi) is 5.17. The standard InChI is InChI=1S/C18H23N/c1-3-13-19-18(14-16-10-5-4-6-11-16)17-12-8-7-9-15(17)2/h4-12,18-19H,3,13-14H2,1-2H3. The van der Waals surface area contributed by atoms with E-state index < -0.39 is 0 Å². The molecule has 0 amide bonds. The maximum Gasteiger partial charge on any atom is 0.0363 e. The summed E-state index contributed by atoms with van der Waals surface area (Å²) in [7, 11) is 0. The molecule has 100 valence electrons. The first-order chi connectivity index (χ1) is 9.31. The molecule has 2 rings (SSSR count). The van der Waals surface area contributed by atoms with Gasteiger partial charge in [-0.1, -0.05) is 61.5 Å². The van der Waals surface area contributed by atoms with Crippen LogP contribution in [0.25, 0.3) is 0 Å². The molecule has 0 bridgehead atoms. The van der Waals surface area contributed by atoms with E-state index in [0.29, 0.717) is 6.04 Å².